The predicted octanol–water partition coefficient (Wildman–Crippen LogP) is 3.79. The molecule has 0 aliphatic rings. The van der Waals surface area contributed by atoms with Crippen LogP contribution in [0.2, 0.25) is 0 Å². The van der Waals surface area contributed by atoms with Gasteiger partial charge in [-0.2, -0.15) is 0 Å². The van der Waals surface area contributed by atoms with E-state index in [0.29, 0.717) is 12.1 Å². The minimum Gasteiger partial charge on any atom is -0.457 e. The highest BCUT2D eigenvalue weighted by atomic mass is 16.6. The molecule has 1 N–H and O–H groups in total. The highest BCUT2D eigenvalue weighted by Crippen LogP contribution is 2.18. The molecular weight excluding hydrogens is 318 g/mol. The Morgan fingerprint density at radius 1 is 1.00 bits per heavy atom. The molecule has 144 valence electrons. The quantitative estimate of drug-likeness (QED) is 0.557. The van der Waals surface area contributed by atoms with Gasteiger partial charge in [-0.1, -0.05) is 26.0 Å². The average molecular weight is 354 g/mol. The van der Waals surface area contributed by atoms with Crippen LogP contribution in [0.1, 0.15) is 62.3 Å². The first-order valence-electron chi connectivity index (χ1n) is 8.79. The number of ether oxygens (including phenoxy) is 2. The van der Waals surface area contributed by atoms with Crippen LogP contribution in [-0.4, -0.2) is 35.7 Å². The van der Waals surface area contributed by atoms with Crippen molar-refractivity contribution in [2.75, 3.05) is 6.54 Å². The Morgan fingerprint density at radius 2 is 1.52 bits per heavy atom. The topological polar surface area (TPSA) is 64.6 Å². The summed E-state index contributed by atoms with van der Waals surface area (Å²) < 4.78 is 10.7. The number of nitrogens with one attached hydrogen (secondary N) is 1. The summed E-state index contributed by atoms with van der Waals surface area (Å²) in [5, 5.41) is 3.29. The van der Waals surface area contributed by atoms with E-state index in [0.717, 1.165) is 0 Å². The van der Waals surface area contributed by atoms with Gasteiger partial charge in [0.15, 0.2) is 0 Å². The van der Waals surface area contributed by atoms with Gasteiger partial charge in [0, 0.05) is 18.7 Å². The Bertz CT molecular complexity index is 505. The van der Waals surface area contributed by atoms with E-state index in [1.165, 1.54) is 6.08 Å². The largest absolute Gasteiger partial charge is 0.457 e. The number of carbonyl (C=O) groups is 2. The second-order valence-corrected chi connectivity index (χ2v) is 8.31. The number of rotatable bonds is 7. The minimum absolute atomic E-state index is 0.164. The zero-order valence-electron chi connectivity index (χ0n) is 17.2. The van der Waals surface area contributed by atoms with E-state index in [-0.39, 0.29) is 23.9 Å². The molecule has 5 nitrogen and oxygen atoms in total. The van der Waals surface area contributed by atoms with E-state index in [2.05, 4.69) is 5.32 Å². The fourth-order valence-electron chi connectivity index (χ4n) is 2.15. The van der Waals surface area contributed by atoms with E-state index in [1.807, 2.05) is 62.3 Å². The number of hydrogen-bond acceptors (Lipinski definition) is 5. The maximum Gasteiger partial charge on any atom is 0.335 e. The molecule has 0 saturated carbocycles. The number of hydrogen-bond donors (Lipinski definition) is 1. The molecule has 0 heterocycles. The fraction of sp³-hybridized carbons (Fsp3) is 0.700. The van der Waals surface area contributed by atoms with Gasteiger partial charge in [-0.15, -0.1) is 0 Å². The molecule has 1 unspecified atom stereocenters. The van der Waals surface area contributed by atoms with Crippen LogP contribution < -0.4 is 5.32 Å². The fourth-order valence-corrected chi connectivity index (χ4v) is 2.15. The van der Waals surface area contributed by atoms with Crippen molar-refractivity contribution in [2.24, 2.45) is 5.92 Å². The van der Waals surface area contributed by atoms with Crippen molar-refractivity contribution < 1.29 is 19.1 Å². The Balaban J connectivity index is 4.85. The molecule has 1 atom stereocenters. The zero-order valence-corrected chi connectivity index (χ0v) is 17.2. The lowest BCUT2D eigenvalue weighted by molar-refractivity contribution is -0.151. The van der Waals surface area contributed by atoms with Crippen molar-refractivity contribution in [1.29, 1.82) is 0 Å². The van der Waals surface area contributed by atoms with Crippen molar-refractivity contribution in [1.82, 2.24) is 5.32 Å². The summed E-state index contributed by atoms with van der Waals surface area (Å²) in [6.07, 6.45) is 4.88. The monoisotopic (exact) mass is 353 g/mol. The molecule has 25 heavy (non-hydrogen) atoms. The van der Waals surface area contributed by atoms with Crippen molar-refractivity contribution in [3.05, 3.63) is 23.8 Å². The van der Waals surface area contributed by atoms with Gasteiger partial charge >= 0.3 is 11.9 Å². The third-order valence-electron chi connectivity index (χ3n) is 3.06. The first-order valence-corrected chi connectivity index (χ1v) is 8.79. The molecule has 0 aromatic heterocycles. The van der Waals surface area contributed by atoms with Gasteiger partial charge in [0.05, 0.1) is 5.57 Å². The molecule has 0 spiro atoms. The minimum atomic E-state index is -0.538. The van der Waals surface area contributed by atoms with Crippen molar-refractivity contribution >= 4 is 11.9 Å². The van der Waals surface area contributed by atoms with E-state index in [1.54, 1.807) is 12.2 Å². The number of carbonyl (C=O) groups excluding carboxylic acids is 2. The van der Waals surface area contributed by atoms with Crippen LogP contribution >= 0.6 is 0 Å². The summed E-state index contributed by atoms with van der Waals surface area (Å²) in [5.41, 5.74) is -0.455. The molecule has 0 radical (unpaired) electrons. The molecule has 0 aliphatic carbocycles. The van der Waals surface area contributed by atoms with Gasteiger partial charge in [0.2, 0.25) is 0 Å². The molecule has 0 aromatic rings. The van der Waals surface area contributed by atoms with Gasteiger partial charge < -0.3 is 14.8 Å². The standard InChI is InChI=1S/C20H35NO4/c1-10-15(18(23)25-20(7,8)9)17(14(2)3)21-13-11-12-16(22)24-19(4,5)6/h10-12,14,17,21H,13H2,1-9H3/b12-11?,15-10-. The molecule has 0 aromatic carbocycles. The highest BCUT2D eigenvalue weighted by Gasteiger charge is 2.27. The smallest absolute Gasteiger partial charge is 0.335 e. The van der Waals surface area contributed by atoms with E-state index < -0.39 is 11.2 Å². The third kappa shape index (κ3) is 10.8. The maximum absolute atomic E-state index is 12.4. The lowest BCUT2D eigenvalue weighted by atomic mass is 9.95. The summed E-state index contributed by atoms with van der Waals surface area (Å²) in [6, 6.07) is -0.164. The van der Waals surface area contributed by atoms with Gasteiger partial charge in [-0.25, -0.2) is 9.59 Å². The predicted molar refractivity (Wildman–Crippen MR) is 101 cm³/mol. The van der Waals surface area contributed by atoms with Gasteiger partial charge in [0.1, 0.15) is 11.2 Å². The van der Waals surface area contributed by atoms with Crippen LogP contribution in [0.4, 0.5) is 0 Å². The lowest BCUT2D eigenvalue weighted by Crippen LogP contribution is -2.40. The second kappa shape index (κ2) is 9.76. The van der Waals surface area contributed by atoms with Gasteiger partial charge in [0.25, 0.3) is 0 Å². The Kier molecular flexibility index (Phi) is 9.12. The summed E-state index contributed by atoms with van der Waals surface area (Å²) in [6.45, 7) is 17.3. The molecule has 5 heteroatoms. The van der Waals surface area contributed by atoms with Crippen LogP contribution in [0.5, 0.6) is 0 Å². The number of allylic oxidation sites excluding steroid dienone is 1. The SMILES string of the molecule is C/C=C(\C(=O)OC(C)(C)C)C(NCC=CC(=O)OC(C)(C)C)C(C)C. The Morgan fingerprint density at radius 3 is 1.92 bits per heavy atom. The van der Waals surface area contributed by atoms with Crippen molar-refractivity contribution in [2.45, 2.75) is 79.6 Å². The van der Waals surface area contributed by atoms with Gasteiger partial charge in [-0.3, -0.25) is 0 Å². The molecule has 0 amide bonds. The van der Waals surface area contributed by atoms with Crippen LogP contribution in [0, 0.1) is 5.92 Å². The van der Waals surface area contributed by atoms with Crippen molar-refractivity contribution in [3.63, 3.8) is 0 Å². The Hall–Kier alpha value is -1.62. The van der Waals surface area contributed by atoms with Crippen molar-refractivity contribution in [3.8, 4) is 0 Å². The van der Waals surface area contributed by atoms with Gasteiger partial charge in [-0.05, 0) is 54.4 Å². The molecular formula is C20H35NO4. The summed E-state index contributed by atoms with van der Waals surface area (Å²) in [5.74, 6) is -0.514. The molecule has 0 aliphatic heterocycles. The van der Waals surface area contributed by atoms with E-state index in [4.69, 9.17) is 9.47 Å². The summed E-state index contributed by atoms with van der Waals surface area (Å²) in [4.78, 5) is 24.1. The molecule has 0 saturated heterocycles. The van der Waals surface area contributed by atoms with E-state index in [9.17, 15) is 9.59 Å². The van der Waals surface area contributed by atoms with Crippen LogP contribution in [-0.2, 0) is 19.1 Å². The molecule has 0 bridgehead atoms. The van der Waals surface area contributed by atoms with Crippen LogP contribution in [0.25, 0.3) is 0 Å². The maximum atomic E-state index is 12.4. The van der Waals surface area contributed by atoms with Crippen LogP contribution in [0.15, 0.2) is 23.8 Å². The van der Waals surface area contributed by atoms with Crippen LogP contribution in [0.3, 0.4) is 0 Å². The molecule has 0 fully saturated rings. The average Bonchev–Trinajstić information content (AvgIpc) is 2.37. The first kappa shape index (κ1) is 23.4. The molecule has 0 rings (SSSR count). The zero-order chi connectivity index (χ0) is 19.8. The Labute approximate surface area is 152 Å². The highest BCUT2D eigenvalue weighted by molar-refractivity contribution is 5.90. The van der Waals surface area contributed by atoms with E-state index >= 15 is 0 Å². The first-order chi connectivity index (χ1) is 11.3. The number of esters is 2. The normalized spacial score (nSPS) is 14.7. The second-order valence-electron chi connectivity index (χ2n) is 8.31. The summed E-state index contributed by atoms with van der Waals surface area (Å²) in [7, 11) is 0. The lowest BCUT2D eigenvalue weighted by Gasteiger charge is -2.27. The third-order valence-corrected chi connectivity index (χ3v) is 3.06. The summed E-state index contributed by atoms with van der Waals surface area (Å²) >= 11 is 0.